The maximum absolute atomic E-state index is 11.7. The molecule has 1 aliphatic rings. The van der Waals surface area contributed by atoms with E-state index in [9.17, 15) is 4.79 Å². The highest BCUT2D eigenvalue weighted by Gasteiger charge is 2.21. The number of Topliss-reactive ketones (excluding diaryl/α,β-unsaturated/α-hetero) is 1. The Hall–Kier alpha value is -0.570. The third-order valence-electron chi connectivity index (χ3n) is 2.37. The summed E-state index contributed by atoms with van der Waals surface area (Å²) in [5.74, 6) is 0.0560. The van der Waals surface area contributed by atoms with E-state index in [1.807, 2.05) is 0 Å². The van der Waals surface area contributed by atoms with Crippen molar-refractivity contribution in [3.05, 3.63) is 33.8 Å². The van der Waals surface area contributed by atoms with Crippen molar-refractivity contribution in [3.63, 3.8) is 0 Å². The zero-order chi connectivity index (χ0) is 10.8. The SMILES string of the molecule is O=C(CNC1CC1)c1ccc(Cl)c(Cl)c1. The van der Waals surface area contributed by atoms with Crippen molar-refractivity contribution < 1.29 is 4.79 Å². The number of carbonyl (C=O) groups excluding carboxylic acids is 1. The highest BCUT2D eigenvalue weighted by Crippen LogP contribution is 2.23. The van der Waals surface area contributed by atoms with Crippen LogP contribution in [0.3, 0.4) is 0 Å². The number of ketones is 1. The van der Waals surface area contributed by atoms with Crippen LogP contribution in [-0.4, -0.2) is 18.4 Å². The van der Waals surface area contributed by atoms with Gasteiger partial charge in [-0.3, -0.25) is 4.79 Å². The minimum absolute atomic E-state index is 0.0560. The Balaban J connectivity index is 2.00. The minimum Gasteiger partial charge on any atom is -0.307 e. The summed E-state index contributed by atoms with van der Waals surface area (Å²) in [6.07, 6.45) is 2.35. The smallest absolute Gasteiger partial charge is 0.176 e. The van der Waals surface area contributed by atoms with Crippen LogP contribution in [0.1, 0.15) is 23.2 Å². The van der Waals surface area contributed by atoms with Gasteiger partial charge < -0.3 is 5.32 Å². The maximum atomic E-state index is 11.7. The van der Waals surface area contributed by atoms with Crippen LogP contribution in [0.25, 0.3) is 0 Å². The largest absolute Gasteiger partial charge is 0.307 e. The van der Waals surface area contributed by atoms with Gasteiger partial charge in [0.1, 0.15) is 0 Å². The monoisotopic (exact) mass is 243 g/mol. The van der Waals surface area contributed by atoms with E-state index < -0.39 is 0 Å². The van der Waals surface area contributed by atoms with Crippen LogP contribution >= 0.6 is 23.2 Å². The number of nitrogens with one attached hydrogen (secondary N) is 1. The number of rotatable bonds is 4. The molecule has 1 aliphatic carbocycles. The molecule has 0 radical (unpaired) electrons. The third-order valence-corrected chi connectivity index (χ3v) is 3.11. The quantitative estimate of drug-likeness (QED) is 0.825. The molecule has 0 aromatic heterocycles. The highest BCUT2D eigenvalue weighted by molar-refractivity contribution is 6.42. The van der Waals surface area contributed by atoms with E-state index in [1.165, 1.54) is 12.8 Å². The lowest BCUT2D eigenvalue weighted by Crippen LogP contribution is -2.24. The number of halogens is 2. The Bertz CT molecular complexity index is 388. The van der Waals surface area contributed by atoms with Crippen LogP contribution in [0.15, 0.2) is 18.2 Å². The van der Waals surface area contributed by atoms with E-state index in [-0.39, 0.29) is 5.78 Å². The zero-order valence-corrected chi connectivity index (χ0v) is 9.61. The summed E-state index contributed by atoms with van der Waals surface area (Å²) in [7, 11) is 0. The molecule has 1 aromatic carbocycles. The van der Waals surface area contributed by atoms with Crippen LogP contribution in [0.4, 0.5) is 0 Å². The summed E-state index contributed by atoms with van der Waals surface area (Å²) < 4.78 is 0. The van der Waals surface area contributed by atoms with Gasteiger partial charge in [-0.2, -0.15) is 0 Å². The number of carbonyl (C=O) groups is 1. The second-order valence-corrected chi connectivity index (χ2v) is 4.52. The molecule has 2 nitrogen and oxygen atoms in total. The van der Waals surface area contributed by atoms with E-state index in [4.69, 9.17) is 23.2 Å². The van der Waals surface area contributed by atoms with Gasteiger partial charge in [0, 0.05) is 11.6 Å². The van der Waals surface area contributed by atoms with Crippen LogP contribution in [-0.2, 0) is 0 Å². The van der Waals surface area contributed by atoms with Crippen molar-refractivity contribution in [1.82, 2.24) is 5.32 Å². The molecule has 80 valence electrons. The van der Waals surface area contributed by atoms with Gasteiger partial charge in [0.05, 0.1) is 16.6 Å². The summed E-state index contributed by atoms with van der Waals surface area (Å²) in [4.78, 5) is 11.7. The first kappa shape index (κ1) is 10.9. The lowest BCUT2D eigenvalue weighted by atomic mass is 10.1. The Morgan fingerprint density at radius 2 is 2.07 bits per heavy atom. The van der Waals surface area contributed by atoms with Crippen LogP contribution in [0.5, 0.6) is 0 Å². The first-order chi connectivity index (χ1) is 7.16. The average molecular weight is 244 g/mol. The van der Waals surface area contributed by atoms with Crippen molar-refractivity contribution in [2.75, 3.05) is 6.54 Å². The molecule has 0 aliphatic heterocycles. The van der Waals surface area contributed by atoms with Crippen molar-refractivity contribution in [3.8, 4) is 0 Å². The van der Waals surface area contributed by atoms with Gasteiger partial charge in [-0.15, -0.1) is 0 Å². The fourth-order valence-electron chi connectivity index (χ4n) is 1.30. The molecule has 0 atom stereocenters. The van der Waals surface area contributed by atoms with Crippen molar-refractivity contribution >= 4 is 29.0 Å². The minimum atomic E-state index is 0.0560. The standard InChI is InChI=1S/C11H11Cl2NO/c12-9-4-1-7(5-10(9)13)11(15)6-14-8-2-3-8/h1,4-5,8,14H,2-3,6H2. The molecule has 0 spiro atoms. The second-order valence-electron chi connectivity index (χ2n) is 3.71. The Kier molecular flexibility index (Phi) is 3.29. The lowest BCUT2D eigenvalue weighted by Gasteiger charge is -2.03. The number of benzene rings is 1. The fourth-order valence-corrected chi connectivity index (χ4v) is 1.59. The average Bonchev–Trinajstić information content (AvgIpc) is 3.02. The molecule has 1 fully saturated rings. The summed E-state index contributed by atoms with van der Waals surface area (Å²) >= 11 is 11.6. The first-order valence-electron chi connectivity index (χ1n) is 4.88. The molecule has 4 heteroatoms. The molecule has 1 N–H and O–H groups in total. The van der Waals surface area contributed by atoms with E-state index in [0.29, 0.717) is 28.2 Å². The van der Waals surface area contributed by atoms with Crippen molar-refractivity contribution in [1.29, 1.82) is 0 Å². The van der Waals surface area contributed by atoms with Crippen molar-refractivity contribution in [2.45, 2.75) is 18.9 Å². The molecule has 0 amide bonds. The fraction of sp³-hybridized carbons (Fsp3) is 0.364. The van der Waals surface area contributed by atoms with Gasteiger partial charge in [-0.1, -0.05) is 23.2 Å². The number of hydrogen-bond acceptors (Lipinski definition) is 2. The Morgan fingerprint density at radius 3 is 2.67 bits per heavy atom. The van der Waals surface area contributed by atoms with Gasteiger partial charge in [0.2, 0.25) is 0 Å². The summed E-state index contributed by atoms with van der Waals surface area (Å²) in [6, 6.07) is 5.50. The highest BCUT2D eigenvalue weighted by atomic mass is 35.5. The summed E-state index contributed by atoms with van der Waals surface area (Å²) in [6.45, 7) is 0.378. The van der Waals surface area contributed by atoms with Crippen LogP contribution < -0.4 is 5.32 Å². The van der Waals surface area contributed by atoms with Gasteiger partial charge in [0.15, 0.2) is 5.78 Å². The molecule has 0 heterocycles. The second kappa shape index (κ2) is 4.52. The maximum Gasteiger partial charge on any atom is 0.176 e. The molecule has 0 unspecified atom stereocenters. The van der Waals surface area contributed by atoms with Gasteiger partial charge in [-0.05, 0) is 31.0 Å². The van der Waals surface area contributed by atoms with E-state index in [2.05, 4.69) is 5.32 Å². The van der Waals surface area contributed by atoms with Gasteiger partial charge in [-0.25, -0.2) is 0 Å². The third kappa shape index (κ3) is 2.94. The van der Waals surface area contributed by atoms with Crippen LogP contribution in [0.2, 0.25) is 10.0 Å². The molecule has 0 saturated heterocycles. The predicted octanol–water partition coefficient (Wildman–Crippen LogP) is 2.93. The first-order valence-corrected chi connectivity index (χ1v) is 5.64. The molecular weight excluding hydrogens is 233 g/mol. The normalized spacial score (nSPS) is 15.3. The summed E-state index contributed by atoms with van der Waals surface area (Å²) in [5, 5.41) is 4.06. The molecule has 2 rings (SSSR count). The summed E-state index contributed by atoms with van der Waals surface area (Å²) in [5.41, 5.74) is 0.609. The molecule has 0 bridgehead atoms. The van der Waals surface area contributed by atoms with Crippen LogP contribution in [0, 0.1) is 0 Å². The topological polar surface area (TPSA) is 29.1 Å². The van der Waals surface area contributed by atoms with Gasteiger partial charge >= 0.3 is 0 Å². The van der Waals surface area contributed by atoms with E-state index >= 15 is 0 Å². The Morgan fingerprint density at radius 1 is 1.33 bits per heavy atom. The molecule has 1 saturated carbocycles. The molecular formula is C11H11Cl2NO. The Labute approximate surface area is 98.6 Å². The predicted molar refractivity (Wildman–Crippen MR) is 61.8 cm³/mol. The number of hydrogen-bond donors (Lipinski definition) is 1. The van der Waals surface area contributed by atoms with E-state index in [1.54, 1.807) is 18.2 Å². The molecule has 15 heavy (non-hydrogen) atoms. The van der Waals surface area contributed by atoms with Gasteiger partial charge in [0.25, 0.3) is 0 Å². The van der Waals surface area contributed by atoms with Crippen molar-refractivity contribution in [2.24, 2.45) is 0 Å². The zero-order valence-electron chi connectivity index (χ0n) is 8.09. The molecule has 1 aromatic rings. The van der Waals surface area contributed by atoms with E-state index in [0.717, 1.165) is 0 Å². The lowest BCUT2D eigenvalue weighted by molar-refractivity contribution is 0.0990.